The molecule has 6 heteroatoms. The standard InChI is InChI=1S/C16H21FN2O3/c17-13-5-3-12(4-6-13)16(22)18-9-1-2-15(21)19-10-7-14(20)8-11-19/h3-6,14,20H,1-2,7-11H2,(H,18,22). The molecule has 2 rings (SSSR count). The lowest BCUT2D eigenvalue weighted by Gasteiger charge is -2.29. The number of aliphatic hydroxyl groups excluding tert-OH is 1. The van der Waals surface area contributed by atoms with Gasteiger partial charge in [0.25, 0.3) is 5.91 Å². The van der Waals surface area contributed by atoms with Crippen LogP contribution >= 0.6 is 0 Å². The van der Waals surface area contributed by atoms with E-state index in [0.717, 1.165) is 0 Å². The summed E-state index contributed by atoms with van der Waals surface area (Å²) >= 11 is 0. The van der Waals surface area contributed by atoms with Gasteiger partial charge in [0.2, 0.25) is 5.91 Å². The van der Waals surface area contributed by atoms with Gasteiger partial charge in [-0.15, -0.1) is 0 Å². The Morgan fingerprint density at radius 1 is 1.23 bits per heavy atom. The Labute approximate surface area is 129 Å². The largest absolute Gasteiger partial charge is 0.393 e. The number of carbonyl (C=O) groups is 2. The number of likely N-dealkylation sites (tertiary alicyclic amines) is 1. The molecule has 0 spiro atoms. The van der Waals surface area contributed by atoms with E-state index in [1.54, 1.807) is 4.90 Å². The summed E-state index contributed by atoms with van der Waals surface area (Å²) in [7, 11) is 0. The van der Waals surface area contributed by atoms with E-state index in [0.29, 0.717) is 50.9 Å². The Kier molecular flexibility index (Phi) is 5.89. The molecule has 1 aromatic carbocycles. The zero-order valence-electron chi connectivity index (χ0n) is 12.4. The first kappa shape index (κ1) is 16.4. The fourth-order valence-corrected chi connectivity index (χ4v) is 2.42. The van der Waals surface area contributed by atoms with Gasteiger partial charge in [-0.2, -0.15) is 0 Å². The molecule has 0 radical (unpaired) electrons. The van der Waals surface area contributed by atoms with Gasteiger partial charge in [-0.25, -0.2) is 4.39 Å². The predicted molar refractivity (Wildman–Crippen MR) is 79.8 cm³/mol. The fourth-order valence-electron chi connectivity index (χ4n) is 2.42. The molecule has 1 aliphatic heterocycles. The summed E-state index contributed by atoms with van der Waals surface area (Å²) in [5, 5.41) is 12.1. The summed E-state index contributed by atoms with van der Waals surface area (Å²) < 4.78 is 12.8. The maximum atomic E-state index is 12.8. The van der Waals surface area contributed by atoms with Gasteiger partial charge in [-0.05, 0) is 43.5 Å². The highest BCUT2D eigenvalue weighted by Crippen LogP contribution is 2.11. The second kappa shape index (κ2) is 7.89. The van der Waals surface area contributed by atoms with Crippen LogP contribution in [0.15, 0.2) is 24.3 Å². The van der Waals surface area contributed by atoms with Crippen LogP contribution in [0.1, 0.15) is 36.0 Å². The average molecular weight is 308 g/mol. The molecule has 0 unspecified atom stereocenters. The Balaban J connectivity index is 1.65. The van der Waals surface area contributed by atoms with E-state index < -0.39 is 0 Å². The summed E-state index contributed by atoms with van der Waals surface area (Å²) in [6, 6.07) is 5.33. The van der Waals surface area contributed by atoms with Crippen molar-refractivity contribution in [1.29, 1.82) is 0 Å². The molecule has 22 heavy (non-hydrogen) atoms. The smallest absolute Gasteiger partial charge is 0.251 e. The first-order valence-corrected chi connectivity index (χ1v) is 7.56. The first-order chi connectivity index (χ1) is 10.6. The van der Waals surface area contributed by atoms with Gasteiger partial charge in [0.1, 0.15) is 5.82 Å². The SMILES string of the molecule is O=C(NCCCC(=O)N1CCC(O)CC1)c1ccc(F)cc1. The summed E-state index contributed by atoms with van der Waals surface area (Å²) in [5.41, 5.74) is 0.401. The maximum Gasteiger partial charge on any atom is 0.251 e. The fraction of sp³-hybridized carbons (Fsp3) is 0.500. The molecule has 0 bridgehead atoms. The lowest BCUT2D eigenvalue weighted by Crippen LogP contribution is -2.40. The third-order valence-electron chi connectivity index (χ3n) is 3.78. The first-order valence-electron chi connectivity index (χ1n) is 7.56. The monoisotopic (exact) mass is 308 g/mol. The van der Waals surface area contributed by atoms with Crippen molar-refractivity contribution in [1.82, 2.24) is 10.2 Å². The number of rotatable bonds is 5. The molecule has 0 atom stereocenters. The van der Waals surface area contributed by atoms with E-state index in [1.807, 2.05) is 0 Å². The second-order valence-electron chi connectivity index (χ2n) is 5.48. The number of amides is 2. The van der Waals surface area contributed by atoms with E-state index in [-0.39, 0.29) is 23.7 Å². The third-order valence-corrected chi connectivity index (χ3v) is 3.78. The molecule has 1 aliphatic rings. The van der Waals surface area contributed by atoms with Crippen LogP contribution in [0.5, 0.6) is 0 Å². The molecule has 0 aromatic heterocycles. The van der Waals surface area contributed by atoms with E-state index in [1.165, 1.54) is 24.3 Å². The van der Waals surface area contributed by atoms with Gasteiger partial charge in [0.15, 0.2) is 0 Å². The van der Waals surface area contributed by atoms with E-state index in [4.69, 9.17) is 0 Å². The minimum atomic E-state index is -0.381. The van der Waals surface area contributed by atoms with Crippen molar-refractivity contribution >= 4 is 11.8 Å². The average Bonchev–Trinajstić information content (AvgIpc) is 2.52. The zero-order chi connectivity index (χ0) is 15.9. The minimum Gasteiger partial charge on any atom is -0.393 e. The van der Waals surface area contributed by atoms with Crippen LogP contribution in [0.2, 0.25) is 0 Å². The number of hydrogen-bond acceptors (Lipinski definition) is 3. The highest BCUT2D eigenvalue weighted by atomic mass is 19.1. The molecule has 0 aliphatic carbocycles. The number of hydrogen-bond donors (Lipinski definition) is 2. The van der Waals surface area contributed by atoms with Gasteiger partial charge in [-0.1, -0.05) is 0 Å². The Morgan fingerprint density at radius 2 is 1.86 bits per heavy atom. The molecule has 2 N–H and O–H groups in total. The van der Waals surface area contributed by atoms with Crippen LogP contribution < -0.4 is 5.32 Å². The predicted octanol–water partition coefficient (Wildman–Crippen LogP) is 1.32. The molecule has 5 nitrogen and oxygen atoms in total. The maximum absolute atomic E-state index is 12.8. The second-order valence-corrected chi connectivity index (χ2v) is 5.48. The molecule has 120 valence electrons. The molecule has 0 saturated carbocycles. The van der Waals surface area contributed by atoms with E-state index in [2.05, 4.69) is 5.32 Å². The van der Waals surface area contributed by atoms with Crippen molar-refractivity contribution in [2.24, 2.45) is 0 Å². The summed E-state index contributed by atoms with van der Waals surface area (Å²) in [5.74, 6) is -0.592. The van der Waals surface area contributed by atoms with Crippen LogP contribution in [0.3, 0.4) is 0 Å². The van der Waals surface area contributed by atoms with Gasteiger partial charge in [0, 0.05) is 31.6 Å². The summed E-state index contributed by atoms with van der Waals surface area (Å²) in [6.07, 6.45) is 1.91. The number of carbonyl (C=O) groups excluding carboxylic acids is 2. The molecule has 1 fully saturated rings. The molecule has 2 amide bonds. The Morgan fingerprint density at radius 3 is 2.50 bits per heavy atom. The minimum absolute atomic E-state index is 0.0583. The number of aliphatic hydroxyl groups is 1. The normalized spacial score (nSPS) is 15.6. The van der Waals surface area contributed by atoms with Crippen LogP contribution in [0, 0.1) is 5.82 Å². The number of nitrogens with one attached hydrogen (secondary N) is 1. The van der Waals surface area contributed by atoms with Crippen molar-refractivity contribution in [2.75, 3.05) is 19.6 Å². The highest BCUT2D eigenvalue weighted by Gasteiger charge is 2.20. The van der Waals surface area contributed by atoms with Crippen LogP contribution in [0.4, 0.5) is 4.39 Å². The van der Waals surface area contributed by atoms with Crippen molar-refractivity contribution in [3.63, 3.8) is 0 Å². The van der Waals surface area contributed by atoms with Gasteiger partial charge >= 0.3 is 0 Å². The number of nitrogens with zero attached hydrogens (tertiary/aromatic N) is 1. The van der Waals surface area contributed by atoms with Crippen LogP contribution in [-0.4, -0.2) is 47.6 Å². The van der Waals surface area contributed by atoms with E-state index in [9.17, 15) is 19.1 Å². The molecular weight excluding hydrogens is 287 g/mol. The summed E-state index contributed by atoms with van der Waals surface area (Å²) in [4.78, 5) is 25.5. The van der Waals surface area contributed by atoms with Crippen LogP contribution in [-0.2, 0) is 4.79 Å². The zero-order valence-corrected chi connectivity index (χ0v) is 12.4. The topological polar surface area (TPSA) is 69.6 Å². The van der Waals surface area contributed by atoms with Crippen LogP contribution in [0.25, 0.3) is 0 Å². The summed E-state index contributed by atoms with van der Waals surface area (Å²) in [6.45, 7) is 1.60. The van der Waals surface area contributed by atoms with Crippen molar-refractivity contribution in [3.8, 4) is 0 Å². The Hall–Kier alpha value is -1.95. The molecule has 1 aromatic rings. The number of piperidine rings is 1. The lowest BCUT2D eigenvalue weighted by molar-refractivity contribution is -0.133. The third kappa shape index (κ3) is 4.80. The molecule has 1 saturated heterocycles. The van der Waals surface area contributed by atoms with E-state index >= 15 is 0 Å². The lowest BCUT2D eigenvalue weighted by atomic mass is 10.1. The molecule has 1 heterocycles. The number of benzene rings is 1. The highest BCUT2D eigenvalue weighted by molar-refractivity contribution is 5.94. The quantitative estimate of drug-likeness (QED) is 0.806. The number of halogens is 1. The van der Waals surface area contributed by atoms with Gasteiger partial charge in [-0.3, -0.25) is 9.59 Å². The van der Waals surface area contributed by atoms with Crippen molar-refractivity contribution in [3.05, 3.63) is 35.6 Å². The van der Waals surface area contributed by atoms with Crippen molar-refractivity contribution in [2.45, 2.75) is 31.8 Å². The van der Waals surface area contributed by atoms with Crippen molar-refractivity contribution < 1.29 is 19.1 Å². The molecular formula is C16H21FN2O3. The Bertz CT molecular complexity index is 511. The van der Waals surface area contributed by atoms with Gasteiger partial charge in [0.05, 0.1) is 6.10 Å². The van der Waals surface area contributed by atoms with Gasteiger partial charge < -0.3 is 15.3 Å².